The van der Waals surface area contributed by atoms with Crippen LogP contribution in [0.15, 0.2) is 6.33 Å². The second-order valence-corrected chi connectivity index (χ2v) is 4.71. The van der Waals surface area contributed by atoms with Gasteiger partial charge in [0.25, 0.3) is 0 Å². The lowest BCUT2D eigenvalue weighted by molar-refractivity contribution is 0.212. The Hall–Kier alpha value is -1.60. The highest BCUT2D eigenvalue weighted by Crippen LogP contribution is 2.32. The van der Waals surface area contributed by atoms with E-state index in [1.165, 1.54) is 6.33 Å². The molecule has 1 aliphatic heterocycles. The van der Waals surface area contributed by atoms with Crippen molar-refractivity contribution in [1.82, 2.24) is 14.9 Å². The third-order valence-electron chi connectivity index (χ3n) is 3.67. The van der Waals surface area contributed by atoms with Crippen LogP contribution in [0.4, 0.5) is 11.6 Å². The summed E-state index contributed by atoms with van der Waals surface area (Å²) in [4.78, 5) is 13.0. The van der Waals surface area contributed by atoms with Gasteiger partial charge in [-0.1, -0.05) is 6.92 Å². The minimum Gasteiger partial charge on any atom is -0.490 e. The molecule has 0 aliphatic carbocycles. The predicted molar refractivity (Wildman–Crippen MR) is 75.3 cm³/mol. The number of likely N-dealkylation sites (N-methyl/N-ethyl adjacent to an activating group) is 1. The third-order valence-corrected chi connectivity index (χ3v) is 3.67. The Kier molecular flexibility index (Phi) is 4.39. The van der Waals surface area contributed by atoms with Crippen LogP contribution in [0, 0.1) is 0 Å². The minimum absolute atomic E-state index is 0.513. The van der Waals surface area contributed by atoms with Crippen LogP contribution in [0.1, 0.15) is 13.3 Å². The zero-order valence-corrected chi connectivity index (χ0v) is 11.8. The summed E-state index contributed by atoms with van der Waals surface area (Å²) >= 11 is 0. The van der Waals surface area contributed by atoms with Crippen molar-refractivity contribution in [3.8, 4) is 5.75 Å². The van der Waals surface area contributed by atoms with Crippen molar-refractivity contribution in [2.75, 3.05) is 44.1 Å². The molecule has 19 heavy (non-hydrogen) atoms. The van der Waals surface area contributed by atoms with E-state index in [-0.39, 0.29) is 0 Å². The molecule has 2 rings (SSSR count). The molecule has 2 heterocycles. The number of anilines is 2. The van der Waals surface area contributed by atoms with Crippen LogP contribution < -0.4 is 20.9 Å². The highest BCUT2D eigenvalue weighted by molar-refractivity contribution is 5.64. The van der Waals surface area contributed by atoms with E-state index in [0.717, 1.165) is 31.9 Å². The summed E-state index contributed by atoms with van der Waals surface area (Å²) < 4.78 is 5.39. The molecular formula is C12H22N6O. The largest absolute Gasteiger partial charge is 0.490 e. The van der Waals surface area contributed by atoms with Crippen LogP contribution in [-0.4, -0.2) is 54.7 Å². The van der Waals surface area contributed by atoms with E-state index in [1.807, 2.05) is 0 Å². The number of nitrogen functional groups attached to an aromatic ring is 1. The number of hydrogen-bond acceptors (Lipinski definition) is 7. The van der Waals surface area contributed by atoms with Gasteiger partial charge in [0.2, 0.25) is 5.75 Å². The normalized spacial score (nSPS) is 20.4. The average Bonchev–Trinajstić information content (AvgIpc) is 2.46. The molecule has 0 radical (unpaired) electrons. The van der Waals surface area contributed by atoms with E-state index in [1.54, 1.807) is 7.11 Å². The van der Waals surface area contributed by atoms with E-state index in [9.17, 15) is 0 Å². The van der Waals surface area contributed by atoms with Crippen LogP contribution in [0.25, 0.3) is 0 Å². The fourth-order valence-electron chi connectivity index (χ4n) is 2.46. The van der Waals surface area contributed by atoms with Crippen LogP contribution in [0.5, 0.6) is 5.75 Å². The maximum atomic E-state index is 5.45. The van der Waals surface area contributed by atoms with Gasteiger partial charge < -0.3 is 15.1 Å². The number of hydrogen-bond donors (Lipinski definition) is 2. The molecule has 3 N–H and O–H groups in total. The van der Waals surface area contributed by atoms with Gasteiger partial charge in [0.15, 0.2) is 11.6 Å². The van der Waals surface area contributed by atoms with Crippen LogP contribution in [-0.2, 0) is 0 Å². The average molecular weight is 266 g/mol. The van der Waals surface area contributed by atoms with Gasteiger partial charge in [0.1, 0.15) is 6.33 Å². The van der Waals surface area contributed by atoms with Gasteiger partial charge in [-0.3, -0.25) is 4.90 Å². The van der Waals surface area contributed by atoms with Gasteiger partial charge in [-0.15, -0.1) is 0 Å². The predicted octanol–water partition coefficient (Wildman–Crippen LogP) is 0.301. The molecule has 1 atom stereocenters. The topological polar surface area (TPSA) is 79.5 Å². The Morgan fingerprint density at radius 2 is 2.26 bits per heavy atom. The van der Waals surface area contributed by atoms with Crippen molar-refractivity contribution in [3.05, 3.63) is 6.33 Å². The quantitative estimate of drug-likeness (QED) is 0.599. The second kappa shape index (κ2) is 6.03. The Labute approximate surface area is 113 Å². The van der Waals surface area contributed by atoms with E-state index in [4.69, 9.17) is 10.6 Å². The number of piperazine rings is 1. The fraction of sp³-hybridized carbons (Fsp3) is 0.667. The lowest BCUT2D eigenvalue weighted by Crippen LogP contribution is -2.51. The lowest BCUT2D eigenvalue weighted by Gasteiger charge is -2.40. The molecule has 1 unspecified atom stereocenters. The molecule has 0 spiro atoms. The van der Waals surface area contributed by atoms with Gasteiger partial charge in [0, 0.05) is 25.7 Å². The van der Waals surface area contributed by atoms with Gasteiger partial charge in [0.05, 0.1) is 7.11 Å². The molecule has 0 aromatic carbocycles. The van der Waals surface area contributed by atoms with Crippen molar-refractivity contribution in [2.45, 2.75) is 19.4 Å². The van der Waals surface area contributed by atoms with E-state index in [0.29, 0.717) is 17.6 Å². The Morgan fingerprint density at radius 1 is 1.47 bits per heavy atom. The number of nitrogens with one attached hydrogen (secondary N) is 1. The molecule has 106 valence electrons. The number of nitrogens with two attached hydrogens (primary N) is 1. The number of aromatic nitrogens is 2. The molecule has 7 heteroatoms. The van der Waals surface area contributed by atoms with Crippen molar-refractivity contribution in [2.24, 2.45) is 5.84 Å². The first-order chi connectivity index (χ1) is 9.21. The molecule has 0 amide bonds. The maximum Gasteiger partial charge on any atom is 0.205 e. The highest BCUT2D eigenvalue weighted by atomic mass is 16.5. The van der Waals surface area contributed by atoms with Gasteiger partial charge in [-0.25, -0.2) is 15.8 Å². The van der Waals surface area contributed by atoms with E-state index >= 15 is 0 Å². The number of nitrogens with zero attached hydrogens (tertiary/aromatic N) is 4. The first kappa shape index (κ1) is 13.8. The molecule has 1 fully saturated rings. The van der Waals surface area contributed by atoms with Gasteiger partial charge >= 0.3 is 0 Å². The Morgan fingerprint density at radius 3 is 2.89 bits per heavy atom. The number of rotatable bonds is 4. The van der Waals surface area contributed by atoms with Crippen LogP contribution in [0.3, 0.4) is 0 Å². The van der Waals surface area contributed by atoms with Crippen LogP contribution in [0.2, 0.25) is 0 Å². The second-order valence-electron chi connectivity index (χ2n) is 4.71. The summed E-state index contributed by atoms with van der Waals surface area (Å²) in [5, 5.41) is 0. The number of methoxy groups -OCH3 is 1. The monoisotopic (exact) mass is 266 g/mol. The SMILES string of the molecule is CCC1CN(c2ncnc(NN)c2OC)CCN1C. The molecule has 0 bridgehead atoms. The standard InChI is InChI=1S/C12H22N6O/c1-4-9-7-18(6-5-17(9)2)12-10(19-3)11(16-13)14-8-15-12/h8-9H,4-7,13H2,1-3H3,(H,14,15,16). The molecule has 0 saturated carbocycles. The smallest absolute Gasteiger partial charge is 0.205 e. The Bertz CT molecular complexity index is 427. The Balaban J connectivity index is 2.26. The van der Waals surface area contributed by atoms with E-state index in [2.05, 4.69) is 39.2 Å². The lowest BCUT2D eigenvalue weighted by atomic mass is 10.1. The minimum atomic E-state index is 0.513. The van der Waals surface area contributed by atoms with Crippen LogP contribution >= 0.6 is 0 Å². The van der Waals surface area contributed by atoms with Gasteiger partial charge in [-0.05, 0) is 13.5 Å². The summed E-state index contributed by atoms with van der Waals surface area (Å²) in [5.74, 6) is 7.37. The number of hydrazine groups is 1. The fourth-order valence-corrected chi connectivity index (χ4v) is 2.46. The zero-order chi connectivity index (χ0) is 13.8. The van der Waals surface area contributed by atoms with Crippen molar-refractivity contribution in [1.29, 1.82) is 0 Å². The number of ether oxygens (including phenoxy) is 1. The summed E-state index contributed by atoms with van der Waals surface area (Å²) in [6.07, 6.45) is 2.62. The van der Waals surface area contributed by atoms with E-state index < -0.39 is 0 Å². The maximum absolute atomic E-state index is 5.45. The zero-order valence-electron chi connectivity index (χ0n) is 11.8. The highest BCUT2D eigenvalue weighted by Gasteiger charge is 2.26. The first-order valence-electron chi connectivity index (χ1n) is 6.52. The van der Waals surface area contributed by atoms with Crippen molar-refractivity contribution in [3.63, 3.8) is 0 Å². The first-order valence-corrected chi connectivity index (χ1v) is 6.52. The van der Waals surface area contributed by atoms with Crippen molar-refractivity contribution >= 4 is 11.6 Å². The third kappa shape index (κ3) is 2.71. The molecule has 1 aromatic heterocycles. The molecule has 1 saturated heterocycles. The summed E-state index contributed by atoms with van der Waals surface area (Å²) in [7, 11) is 3.77. The molecule has 1 aromatic rings. The molecular weight excluding hydrogens is 244 g/mol. The van der Waals surface area contributed by atoms with Crippen molar-refractivity contribution < 1.29 is 4.74 Å². The summed E-state index contributed by atoms with van der Waals surface area (Å²) in [6.45, 7) is 5.07. The molecule has 7 nitrogen and oxygen atoms in total. The molecule has 1 aliphatic rings. The van der Waals surface area contributed by atoms with Gasteiger partial charge in [-0.2, -0.15) is 0 Å². The summed E-state index contributed by atoms with van der Waals surface area (Å²) in [5.41, 5.74) is 2.55. The summed E-state index contributed by atoms with van der Waals surface area (Å²) in [6, 6.07) is 0.530.